The zero-order valence-electron chi connectivity index (χ0n) is 14.7. The number of rotatable bonds is 2. The molecule has 0 fully saturated rings. The molecule has 0 saturated heterocycles. The van der Waals surface area contributed by atoms with Crippen molar-refractivity contribution in [2.45, 2.75) is 26.3 Å². The normalized spacial score (nSPS) is 16.0. The minimum Gasteiger partial charge on any atom is -0.493 e. The summed E-state index contributed by atoms with van der Waals surface area (Å²) in [5.74, 6) is 0.184. The first-order valence-corrected chi connectivity index (χ1v) is 8.62. The highest BCUT2D eigenvalue weighted by atomic mass is 19.1. The third-order valence-corrected chi connectivity index (χ3v) is 4.65. The van der Waals surface area contributed by atoms with Gasteiger partial charge in [-0.1, -0.05) is 17.7 Å². The van der Waals surface area contributed by atoms with E-state index in [0.717, 1.165) is 22.6 Å². The molecule has 0 radical (unpaired) electrons. The van der Waals surface area contributed by atoms with Crippen LogP contribution in [0.2, 0.25) is 0 Å². The largest absolute Gasteiger partial charge is 0.493 e. The highest BCUT2D eigenvalue weighted by Gasteiger charge is 2.24. The summed E-state index contributed by atoms with van der Waals surface area (Å²) in [6.45, 7) is 4.38. The monoisotopic (exact) mass is 350 g/mol. The Kier molecular flexibility index (Phi) is 4.07. The van der Waals surface area contributed by atoms with Gasteiger partial charge in [0.25, 0.3) is 5.91 Å². The van der Waals surface area contributed by atoms with Gasteiger partial charge in [-0.3, -0.25) is 9.78 Å². The summed E-state index contributed by atoms with van der Waals surface area (Å²) in [4.78, 5) is 17.4. The lowest BCUT2D eigenvalue weighted by Crippen LogP contribution is -2.32. The number of carbonyl (C=O) groups excluding carboxylic acids is 1. The number of nitrogens with zero attached hydrogens (tertiary/aromatic N) is 1. The van der Waals surface area contributed by atoms with Gasteiger partial charge in [-0.15, -0.1) is 0 Å². The fraction of sp³-hybridized carbons (Fsp3) is 0.238. The van der Waals surface area contributed by atoms with Gasteiger partial charge in [0.05, 0.1) is 23.7 Å². The topological polar surface area (TPSA) is 51.2 Å². The summed E-state index contributed by atoms with van der Waals surface area (Å²) in [6.07, 6.45) is 0.693. The summed E-state index contributed by atoms with van der Waals surface area (Å²) in [5.41, 5.74) is 3.86. The minimum absolute atomic E-state index is 0.136. The van der Waals surface area contributed by atoms with E-state index in [1.807, 2.05) is 32.0 Å². The lowest BCUT2D eigenvalue weighted by molar-refractivity contribution is 0.0926. The van der Waals surface area contributed by atoms with Crippen molar-refractivity contribution in [3.63, 3.8) is 0 Å². The predicted octanol–water partition coefficient (Wildman–Crippen LogP) is 4.24. The highest BCUT2D eigenvalue weighted by Crippen LogP contribution is 2.33. The van der Waals surface area contributed by atoms with Crippen LogP contribution >= 0.6 is 0 Å². The molecule has 4 rings (SSSR count). The Bertz CT molecular complexity index is 1020. The van der Waals surface area contributed by atoms with Crippen LogP contribution in [0.3, 0.4) is 0 Å². The van der Waals surface area contributed by atoms with E-state index in [1.54, 1.807) is 12.1 Å². The molecule has 1 N–H and O–H groups in total. The smallest absolute Gasteiger partial charge is 0.252 e. The zero-order chi connectivity index (χ0) is 18.3. The van der Waals surface area contributed by atoms with Gasteiger partial charge in [0, 0.05) is 23.1 Å². The number of amides is 1. The number of nitrogens with one attached hydrogen (secondary N) is 1. The summed E-state index contributed by atoms with van der Waals surface area (Å²) in [6, 6.07) is 11.8. The van der Waals surface area contributed by atoms with E-state index in [2.05, 4.69) is 10.3 Å². The highest BCUT2D eigenvalue weighted by molar-refractivity contribution is 6.06. The van der Waals surface area contributed by atoms with Gasteiger partial charge < -0.3 is 10.1 Å². The van der Waals surface area contributed by atoms with Gasteiger partial charge in [0.2, 0.25) is 0 Å². The first-order valence-electron chi connectivity index (χ1n) is 8.62. The second-order valence-electron chi connectivity index (χ2n) is 6.68. The Labute approximate surface area is 151 Å². The average molecular weight is 350 g/mol. The molecule has 0 spiro atoms. The van der Waals surface area contributed by atoms with Crippen molar-refractivity contribution in [2.24, 2.45) is 0 Å². The molecule has 1 aliphatic heterocycles. The maximum absolute atomic E-state index is 13.7. The van der Waals surface area contributed by atoms with Gasteiger partial charge in [-0.25, -0.2) is 4.39 Å². The number of hydrogen-bond donors (Lipinski definition) is 1. The standard InChI is InChI=1S/C21H19FN2O2/c1-12-3-6-20-17(9-12)19(7-8-26-20)24-21(25)16-10-13(2)23-18-5-4-14(22)11-15(16)18/h3-6,9-11,19H,7-8H2,1-2H3,(H,24,25). The number of hydrogen-bond acceptors (Lipinski definition) is 3. The molecule has 2 aromatic carbocycles. The molecule has 1 unspecified atom stereocenters. The molecule has 0 aliphatic carbocycles. The molecule has 1 aromatic heterocycles. The molecular weight excluding hydrogens is 331 g/mol. The van der Waals surface area contributed by atoms with Crippen molar-refractivity contribution < 1.29 is 13.9 Å². The molecule has 0 saturated carbocycles. The predicted molar refractivity (Wildman–Crippen MR) is 97.9 cm³/mol. The fourth-order valence-corrected chi connectivity index (χ4v) is 3.42. The number of ether oxygens (including phenoxy) is 1. The Morgan fingerprint density at radius 1 is 1.19 bits per heavy atom. The van der Waals surface area contributed by atoms with Crippen LogP contribution in [0.1, 0.15) is 39.6 Å². The molecule has 1 aliphatic rings. The van der Waals surface area contributed by atoms with Gasteiger partial charge in [-0.2, -0.15) is 0 Å². The van der Waals surface area contributed by atoms with Gasteiger partial charge in [0.15, 0.2) is 0 Å². The molecule has 5 heteroatoms. The van der Waals surface area contributed by atoms with E-state index in [4.69, 9.17) is 4.74 Å². The Morgan fingerprint density at radius 3 is 2.88 bits per heavy atom. The molecule has 0 bridgehead atoms. The quantitative estimate of drug-likeness (QED) is 0.752. The van der Waals surface area contributed by atoms with Gasteiger partial charge >= 0.3 is 0 Å². The van der Waals surface area contributed by atoms with Crippen LogP contribution in [0.5, 0.6) is 5.75 Å². The van der Waals surface area contributed by atoms with Crippen molar-refractivity contribution in [1.82, 2.24) is 10.3 Å². The summed E-state index contributed by atoms with van der Waals surface area (Å²) < 4.78 is 19.4. The van der Waals surface area contributed by atoms with Crippen molar-refractivity contribution in [2.75, 3.05) is 6.61 Å². The van der Waals surface area contributed by atoms with E-state index in [0.29, 0.717) is 29.5 Å². The molecule has 132 valence electrons. The summed E-state index contributed by atoms with van der Waals surface area (Å²) in [7, 11) is 0. The first-order chi connectivity index (χ1) is 12.5. The molecule has 3 aromatic rings. The van der Waals surface area contributed by atoms with Crippen LogP contribution in [0, 0.1) is 19.7 Å². The first kappa shape index (κ1) is 16.5. The van der Waals surface area contributed by atoms with Crippen molar-refractivity contribution in [1.29, 1.82) is 0 Å². The van der Waals surface area contributed by atoms with Crippen molar-refractivity contribution in [3.8, 4) is 5.75 Å². The van der Waals surface area contributed by atoms with Crippen LogP contribution in [-0.4, -0.2) is 17.5 Å². The minimum atomic E-state index is -0.385. The second kappa shape index (κ2) is 6.41. The molecule has 26 heavy (non-hydrogen) atoms. The Balaban J connectivity index is 1.71. The molecule has 1 atom stereocenters. The molecular formula is C21H19FN2O2. The zero-order valence-corrected chi connectivity index (χ0v) is 14.7. The molecule has 2 heterocycles. The number of aromatic nitrogens is 1. The number of pyridine rings is 1. The maximum Gasteiger partial charge on any atom is 0.252 e. The Hall–Kier alpha value is -2.95. The Morgan fingerprint density at radius 2 is 2.04 bits per heavy atom. The number of fused-ring (bicyclic) bond motifs is 2. The third kappa shape index (κ3) is 3.01. The SMILES string of the molecule is Cc1ccc2c(c1)C(NC(=O)c1cc(C)nc3ccc(F)cc13)CCO2. The lowest BCUT2D eigenvalue weighted by atomic mass is 9.97. The van der Waals surface area contributed by atoms with E-state index >= 15 is 0 Å². The van der Waals surface area contributed by atoms with Crippen LogP contribution in [-0.2, 0) is 0 Å². The van der Waals surface area contributed by atoms with Crippen molar-refractivity contribution >= 4 is 16.8 Å². The number of halogens is 1. The van der Waals surface area contributed by atoms with Crippen LogP contribution in [0.15, 0.2) is 42.5 Å². The molecule has 4 nitrogen and oxygen atoms in total. The third-order valence-electron chi connectivity index (χ3n) is 4.65. The maximum atomic E-state index is 13.7. The number of aryl methyl sites for hydroxylation is 2. The second-order valence-corrected chi connectivity index (χ2v) is 6.68. The van der Waals surface area contributed by atoms with Gasteiger partial charge in [0.1, 0.15) is 11.6 Å². The summed E-state index contributed by atoms with van der Waals surface area (Å²) >= 11 is 0. The number of benzene rings is 2. The van der Waals surface area contributed by atoms with E-state index in [-0.39, 0.29) is 17.8 Å². The van der Waals surface area contributed by atoms with Crippen molar-refractivity contribution in [3.05, 3.63) is 70.7 Å². The summed E-state index contributed by atoms with van der Waals surface area (Å²) in [5, 5.41) is 3.61. The van der Waals surface area contributed by atoms with Crippen LogP contribution in [0.4, 0.5) is 4.39 Å². The van der Waals surface area contributed by atoms with E-state index in [1.165, 1.54) is 12.1 Å². The van der Waals surface area contributed by atoms with Gasteiger partial charge in [-0.05, 0) is 44.2 Å². The molecule has 1 amide bonds. The van der Waals surface area contributed by atoms with Crippen LogP contribution < -0.4 is 10.1 Å². The lowest BCUT2D eigenvalue weighted by Gasteiger charge is -2.27. The number of carbonyl (C=O) groups is 1. The van der Waals surface area contributed by atoms with E-state index < -0.39 is 0 Å². The average Bonchev–Trinajstić information content (AvgIpc) is 2.62. The fourth-order valence-electron chi connectivity index (χ4n) is 3.42. The van der Waals surface area contributed by atoms with Crippen LogP contribution in [0.25, 0.3) is 10.9 Å². The van der Waals surface area contributed by atoms with E-state index in [9.17, 15) is 9.18 Å².